The van der Waals surface area contributed by atoms with Gasteiger partial charge in [-0.05, 0) is 39.8 Å². The van der Waals surface area contributed by atoms with E-state index in [2.05, 4.69) is 15.0 Å². The number of ether oxygens (including phenoxy) is 2. The van der Waals surface area contributed by atoms with Gasteiger partial charge in [0.05, 0.1) is 24.4 Å². The highest BCUT2D eigenvalue weighted by molar-refractivity contribution is 7.54. The number of nitrogens with zero attached hydrogens (tertiary/aromatic N) is 4. The Morgan fingerprint density at radius 1 is 1.18 bits per heavy atom. The molecule has 0 aliphatic carbocycles. The van der Waals surface area contributed by atoms with Gasteiger partial charge >= 0.3 is 13.6 Å². The molecule has 3 aromatic rings. The molecule has 2 heterocycles. The van der Waals surface area contributed by atoms with E-state index in [1.807, 2.05) is 0 Å². The van der Waals surface area contributed by atoms with Gasteiger partial charge in [0, 0.05) is 0 Å². The van der Waals surface area contributed by atoms with Crippen LogP contribution in [0.3, 0.4) is 0 Å². The van der Waals surface area contributed by atoms with E-state index in [1.54, 1.807) is 68.9 Å². The van der Waals surface area contributed by atoms with Gasteiger partial charge in [0.2, 0.25) is 6.79 Å². The Kier molecular flexibility index (Phi) is 7.68. The van der Waals surface area contributed by atoms with Gasteiger partial charge in [-0.15, -0.1) is 0 Å². The van der Waals surface area contributed by atoms with E-state index in [0.29, 0.717) is 23.5 Å². The van der Waals surface area contributed by atoms with Gasteiger partial charge in [0.25, 0.3) is 0 Å². The SMILES string of the molecule is CC(Cn1cnc2c(N)ncnc21)OCP(=O)(OCOC(=O)C(C)(C)C)Oc1ccccc1. The van der Waals surface area contributed by atoms with E-state index in [-0.39, 0.29) is 12.2 Å². The van der Waals surface area contributed by atoms with Crippen LogP contribution in [0.2, 0.25) is 0 Å². The number of fused-ring (bicyclic) bond motifs is 1. The summed E-state index contributed by atoms with van der Waals surface area (Å²) >= 11 is 0. The number of rotatable bonds is 10. The van der Waals surface area contributed by atoms with E-state index in [0.717, 1.165) is 0 Å². The lowest BCUT2D eigenvalue weighted by molar-refractivity contribution is -0.160. The zero-order chi connectivity index (χ0) is 24.1. The van der Waals surface area contributed by atoms with E-state index < -0.39 is 31.9 Å². The zero-order valence-corrected chi connectivity index (χ0v) is 19.9. The van der Waals surface area contributed by atoms with Gasteiger partial charge in [0.15, 0.2) is 17.8 Å². The predicted molar refractivity (Wildman–Crippen MR) is 121 cm³/mol. The summed E-state index contributed by atoms with van der Waals surface area (Å²) in [6, 6.07) is 8.56. The normalized spacial score (nSPS) is 14.5. The molecule has 2 N–H and O–H groups in total. The van der Waals surface area contributed by atoms with Crippen molar-refractivity contribution < 1.29 is 27.9 Å². The van der Waals surface area contributed by atoms with Gasteiger partial charge in [-0.1, -0.05) is 18.2 Å². The van der Waals surface area contributed by atoms with E-state index in [9.17, 15) is 9.36 Å². The number of esters is 1. The summed E-state index contributed by atoms with van der Waals surface area (Å²) in [4.78, 5) is 24.3. The number of nitrogens with two attached hydrogens (primary N) is 1. The van der Waals surface area contributed by atoms with Crippen molar-refractivity contribution in [3.05, 3.63) is 43.0 Å². The van der Waals surface area contributed by atoms with Crippen LogP contribution < -0.4 is 10.3 Å². The largest absolute Gasteiger partial charge is 0.438 e. The Morgan fingerprint density at radius 2 is 1.91 bits per heavy atom. The number of carbonyl (C=O) groups excluding carboxylic acids is 1. The van der Waals surface area contributed by atoms with Crippen LogP contribution in [0.15, 0.2) is 43.0 Å². The first-order valence-corrected chi connectivity index (χ1v) is 12.0. The van der Waals surface area contributed by atoms with Crippen LogP contribution >= 0.6 is 7.60 Å². The lowest BCUT2D eigenvalue weighted by Crippen LogP contribution is -2.24. The smallest absolute Gasteiger partial charge is 0.407 e. The first-order chi connectivity index (χ1) is 15.6. The van der Waals surface area contributed by atoms with Crippen molar-refractivity contribution >= 4 is 30.5 Å². The van der Waals surface area contributed by atoms with Crippen LogP contribution in [0.25, 0.3) is 11.2 Å². The number of nitrogen functional groups attached to an aromatic ring is 1. The number of benzene rings is 1. The summed E-state index contributed by atoms with van der Waals surface area (Å²) in [5.74, 6) is 0.134. The molecule has 2 atom stereocenters. The van der Waals surface area contributed by atoms with Crippen molar-refractivity contribution in [1.29, 1.82) is 0 Å². The second-order valence-electron chi connectivity index (χ2n) is 8.38. The zero-order valence-electron chi connectivity index (χ0n) is 19.0. The number of anilines is 1. The van der Waals surface area contributed by atoms with Crippen LogP contribution in [-0.4, -0.2) is 44.7 Å². The molecule has 33 heavy (non-hydrogen) atoms. The predicted octanol–water partition coefficient (Wildman–Crippen LogP) is 3.61. The van der Waals surface area contributed by atoms with E-state index >= 15 is 0 Å². The third kappa shape index (κ3) is 6.74. The van der Waals surface area contributed by atoms with Crippen molar-refractivity contribution in [3.63, 3.8) is 0 Å². The Labute approximate surface area is 191 Å². The maximum Gasteiger partial charge on any atom is 0.407 e. The molecule has 2 unspecified atom stereocenters. The summed E-state index contributed by atoms with van der Waals surface area (Å²) < 4.78 is 37.0. The van der Waals surface area contributed by atoms with Crippen molar-refractivity contribution in [2.24, 2.45) is 5.41 Å². The summed E-state index contributed by atoms with van der Waals surface area (Å²) in [5, 5.41) is 0. The van der Waals surface area contributed by atoms with Gasteiger partial charge in [-0.2, -0.15) is 0 Å². The lowest BCUT2D eigenvalue weighted by Gasteiger charge is -2.22. The molecule has 0 amide bonds. The minimum atomic E-state index is -3.82. The summed E-state index contributed by atoms with van der Waals surface area (Å²) in [6.45, 7) is 6.75. The number of hydrogen-bond acceptors (Lipinski definition) is 10. The maximum absolute atomic E-state index is 13.4. The van der Waals surface area contributed by atoms with Crippen molar-refractivity contribution in [3.8, 4) is 5.75 Å². The first kappa shape index (κ1) is 24.6. The summed E-state index contributed by atoms with van der Waals surface area (Å²) in [6.07, 6.45) is 2.17. The van der Waals surface area contributed by atoms with E-state index in [1.165, 1.54) is 6.33 Å². The van der Waals surface area contributed by atoms with Crippen molar-refractivity contribution in [1.82, 2.24) is 19.5 Å². The molecule has 2 aromatic heterocycles. The van der Waals surface area contributed by atoms with Gasteiger partial charge in [0.1, 0.15) is 17.6 Å². The second kappa shape index (κ2) is 10.3. The quantitative estimate of drug-likeness (QED) is 0.261. The van der Waals surface area contributed by atoms with Crippen molar-refractivity contribution in [2.75, 3.05) is 18.9 Å². The average molecular weight is 477 g/mol. The molecule has 178 valence electrons. The highest BCUT2D eigenvalue weighted by Crippen LogP contribution is 2.48. The van der Waals surface area contributed by atoms with Crippen molar-refractivity contribution in [2.45, 2.75) is 40.3 Å². The van der Waals surface area contributed by atoms with Crippen LogP contribution in [0, 0.1) is 5.41 Å². The Morgan fingerprint density at radius 3 is 2.61 bits per heavy atom. The first-order valence-electron chi connectivity index (χ1n) is 10.3. The highest BCUT2D eigenvalue weighted by atomic mass is 31.2. The number of para-hydroxylation sites is 1. The standard InChI is InChI=1S/C21H28N5O6P/c1-15(10-26-12-25-17-18(22)23-11-24-19(17)26)30-14-33(28,32-16-8-6-5-7-9-16)31-13-29-20(27)21(2,3)4/h5-9,11-12,15H,10,13-14H2,1-4H3,(H2,22,23,24). The van der Waals surface area contributed by atoms with E-state index in [4.69, 9.17) is 24.3 Å². The van der Waals surface area contributed by atoms with Gasteiger partial charge < -0.3 is 24.3 Å². The molecule has 1 aromatic carbocycles. The lowest BCUT2D eigenvalue weighted by atomic mass is 9.98. The molecular formula is C21H28N5O6P. The topological polar surface area (TPSA) is 141 Å². The fourth-order valence-electron chi connectivity index (χ4n) is 2.69. The number of carbonyl (C=O) groups is 1. The average Bonchev–Trinajstić information content (AvgIpc) is 3.16. The van der Waals surface area contributed by atoms with Crippen LogP contribution in [-0.2, 0) is 29.9 Å². The molecule has 0 saturated heterocycles. The Bertz CT molecular complexity index is 1130. The Balaban J connectivity index is 1.65. The molecule has 12 heteroatoms. The Hall–Kier alpha value is -3.01. The number of aromatic nitrogens is 4. The van der Waals surface area contributed by atoms with Gasteiger partial charge in [-0.3, -0.25) is 9.32 Å². The molecule has 0 radical (unpaired) electrons. The summed E-state index contributed by atoms with van der Waals surface area (Å²) in [7, 11) is -3.82. The molecule has 0 saturated carbocycles. The molecule has 0 aliphatic rings. The fraction of sp³-hybridized carbons (Fsp3) is 0.429. The van der Waals surface area contributed by atoms with Gasteiger partial charge in [-0.25, -0.2) is 19.5 Å². The number of hydrogen-bond donors (Lipinski definition) is 1. The molecule has 0 spiro atoms. The van der Waals surface area contributed by atoms with Crippen LogP contribution in [0.1, 0.15) is 27.7 Å². The third-order valence-electron chi connectivity index (χ3n) is 4.44. The second-order valence-corrected chi connectivity index (χ2v) is 10.3. The molecule has 0 fully saturated rings. The summed E-state index contributed by atoms with van der Waals surface area (Å²) in [5.41, 5.74) is 6.15. The molecule has 11 nitrogen and oxygen atoms in total. The fourth-order valence-corrected chi connectivity index (χ4v) is 3.96. The molecule has 0 aliphatic heterocycles. The molecule has 0 bridgehead atoms. The maximum atomic E-state index is 13.4. The third-order valence-corrected chi connectivity index (χ3v) is 5.89. The molecule has 3 rings (SSSR count). The minimum absolute atomic E-state index is 0.284. The van der Waals surface area contributed by atoms with Crippen LogP contribution in [0.5, 0.6) is 5.75 Å². The highest BCUT2D eigenvalue weighted by Gasteiger charge is 2.30. The molecular weight excluding hydrogens is 449 g/mol. The van der Waals surface area contributed by atoms with Crippen LogP contribution in [0.4, 0.5) is 5.82 Å². The minimum Gasteiger partial charge on any atom is -0.438 e. The number of imidazole rings is 1. The monoisotopic (exact) mass is 477 g/mol.